The molecule has 0 unspecified atom stereocenters. The molecular formula is C27H24N6O2. The van der Waals surface area contributed by atoms with E-state index in [2.05, 4.69) is 10.4 Å². The van der Waals surface area contributed by atoms with Crippen LogP contribution in [0.15, 0.2) is 77.9 Å². The number of methoxy groups -OCH3 is 1. The van der Waals surface area contributed by atoms with Gasteiger partial charge in [-0.1, -0.05) is 48.5 Å². The SMILES string of the molecule is COc1ccc(CNC(=O)c2c(N)n(/N=C/c3ccccc3C)c3nc4ccccc4nc23)cc1. The van der Waals surface area contributed by atoms with Crippen molar-refractivity contribution in [2.45, 2.75) is 13.5 Å². The summed E-state index contributed by atoms with van der Waals surface area (Å²) < 4.78 is 6.67. The first-order chi connectivity index (χ1) is 17.0. The highest BCUT2D eigenvalue weighted by Gasteiger charge is 2.24. The summed E-state index contributed by atoms with van der Waals surface area (Å²) in [7, 11) is 1.61. The van der Waals surface area contributed by atoms with Crippen LogP contribution in [0.3, 0.4) is 0 Å². The molecule has 0 aliphatic carbocycles. The van der Waals surface area contributed by atoms with Crippen LogP contribution in [-0.4, -0.2) is 33.9 Å². The van der Waals surface area contributed by atoms with Gasteiger partial charge in [0.25, 0.3) is 5.91 Å². The second kappa shape index (κ2) is 9.26. The summed E-state index contributed by atoms with van der Waals surface area (Å²) in [4.78, 5) is 22.7. The highest BCUT2D eigenvalue weighted by Crippen LogP contribution is 2.28. The number of nitrogens with zero attached hydrogens (tertiary/aromatic N) is 4. The fraction of sp³-hybridized carbons (Fsp3) is 0.111. The Bertz CT molecular complexity index is 1570. The van der Waals surface area contributed by atoms with Crippen LogP contribution in [-0.2, 0) is 6.54 Å². The molecule has 0 spiro atoms. The molecule has 2 aromatic heterocycles. The van der Waals surface area contributed by atoms with Crippen LogP contribution >= 0.6 is 0 Å². The van der Waals surface area contributed by atoms with Gasteiger partial charge >= 0.3 is 0 Å². The summed E-state index contributed by atoms with van der Waals surface area (Å²) in [5.41, 5.74) is 11.8. The van der Waals surface area contributed by atoms with Crippen LogP contribution in [0.1, 0.15) is 27.0 Å². The molecule has 3 aromatic carbocycles. The van der Waals surface area contributed by atoms with Gasteiger partial charge in [-0.2, -0.15) is 9.78 Å². The number of nitrogens with one attached hydrogen (secondary N) is 1. The standard InChI is InChI=1S/C27H24N6O2/c1-17-7-3-4-8-19(17)16-30-33-25(28)23(24-26(33)32-22-10-6-5-9-21(22)31-24)27(34)29-15-18-11-13-20(35-2)14-12-18/h3-14,16H,15,28H2,1-2H3,(H,29,34)/b30-16+. The number of amides is 1. The van der Waals surface area contributed by atoms with Crippen LogP contribution in [0.25, 0.3) is 22.2 Å². The van der Waals surface area contributed by atoms with Crippen molar-refractivity contribution in [3.63, 3.8) is 0 Å². The van der Waals surface area contributed by atoms with Crippen molar-refractivity contribution in [1.82, 2.24) is 20.0 Å². The summed E-state index contributed by atoms with van der Waals surface area (Å²) in [6, 6.07) is 22.8. The van der Waals surface area contributed by atoms with Crippen molar-refractivity contribution in [2.24, 2.45) is 5.10 Å². The number of aromatic nitrogens is 3. The second-order valence-electron chi connectivity index (χ2n) is 8.09. The van der Waals surface area contributed by atoms with Crippen LogP contribution in [0.4, 0.5) is 5.82 Å². The first-order valence-corrected chi connectivity index (χ1v) is 11.1. The minimum absolute atomic E-state index is 0.173. The predicted octanol–water partition coefficient (Wildman–Crippen LogP) is 4.30. The van der Waals surface area contributed by atoms with E-state index in [4.69, 9.17) is 20.4 Å². The summed E-state index contributed by atoms with van der Waals surface area (Å²) in [6.07, 6.45) is 1.71. The van der Waals surface area contributed by atoms with Crippen molar-refractivity contribution < 1.29 is 9.53 Å². The Labute approximate surface area is 202 Å². The number of rotatable bonds is 6. The highest BCUT2D eigenvalue weighted by molar-refractivity contribution is 6.10. The predicted molar refractivity (Wildman–Crippen MR) is 138 cm³/mol. The van der Waals surface area contributed by atoms with E-state index >= 15 is 0 Å². The van der Waals surface area contributed by atoms with Gasteiger partial charge in [0.15, 0.2) is 5.65 Å². The molecule has 8 nitrogen and oxygen atoms in total. The highest BCUT2D eigenvalue weighted by atomic mass is 16.5. The number of nitrogens with two attached hydrogens (primary N) is 1. The average Bonchev–Trinajstić information content (AvgIpc) is 3.15. The van der Waals surface area contributed by atoms with E-state index in [9.17, 15) is 4.79 Å². The Hall–Kier alpha value is -4.72. The van der Waals surface area contributed by atoms with E-state index in [-0.39, 0.29) is 17.3 Å². The lowest BCUT2D eigenvalue weighted by Crippen LogP contribution is -2.23. The number of fused-ring (bicyclic) bond motifs is 2. The molecular weight excluding hydrogens is 440 g/mol. The molecule has 3 N–H and O–H groups in total. The molecule has 0 aliphatic heterocycles. The third kappa shape index (κ3) is 4.29. The van der Waals surface area contributed by atoms with E-state index < -0.39 is 0 Å². The Morgan fingerprint density at radius 2 is 1.71 bits per heavy atom. The molecule has 35 heavy (non-hydrogen) atoms. The molecule has 0 radical (unpaired) electrons. The smallest absolute Gasteiger partial charge is 0.257 e. The zero-order chi connectivity index (χ0) is 24.4. The average molecular weight is 465 g/mol. The molecule has 5 aromatic rings. The second-order valence-corrected chi connectivity index (χ2v) is 8.09. The van der Waals surface area contributed by atoms with Gasteiger partial charge in [-0.05, 0) is 47.9 Å². The molecule has 0 saturated heterocycles. The molecule has 0 aliphatic rings. The maximum absolute atomic E-state index is 13.3. The number of hydrogen-bond acceptors (Lipinski definition) is 6. The summed E-state index contributed by atoms with van der Waals surface area (Å²) >= 11 is 0. The number of hydrogen-bond donors (Lipinski definition) is 2. The Morgan fingerprint density at radius 1 is 1.03 bits per heavy atom. The number of ether oxygens (including phenoxy) is 1. The Balaban J connectivity index is 1.56. The number of nitrogen functional groups attached to an aromatic ring is 1. The Morgan fingerprint density at radius 3 is 2.43 bits per heavy atom. The summed E-state index contributed by atoms with van der Waals surface area (Å²) in [5.74, 6) is 0.575. The van der Waals surface area contributed by atoms with Gasteiger partial charge in [-0.3, -0.25) is 4.79 Å². The minimum atomic E-state index is -0.349. The molecule has 1 amide bonds. The van der Waals surface area contributed by atoms with E-state index in [1.54, 1.807) is 13.3 Å². The van der Waals surface area contributed by atoms with Crippen LogP contribution in [0.2, 0.25) is 0 Å². The van der Waals surface area contributed by atoms with Crippen molar-refractivity contribution >= 4 is 40.1 Å². The fourth-order valence-corrected chi connectivity index (χ4v) is 3.85. The van der Waals surface area contributed by atoms with Gasteiger partial charge in [-0.25, -0.2) is 9.97 Å². The summed E-state index contributed by atoms with van der Waals surface area (Å²) in [6.45, 7) is 2.33. The van der Waals surface area contributed by atoms with E-state index in [1.165, 1.54) is 4.68 Å². The minimum Gasteiger partial charge on any atom is -0.497 e. The summed E-state index contributed by atoms with van der Waals surface area (Å²) in [5, 5.41) is 7.52. The first-order valence-electron chi connectivity index (χ1n) is 11.1. The molecule has 5 rings (SSSR count). The molecule has 8 heteroatoms. The quantitative estimate of drug-likeness (QED) is 0.365. The van der Waals surface area contributed by atoms with Gasteiger partial charge in [0.05, 0.1) is 24.4 Å². The van der Waals surface area contributed by atoms with Crippen LogP contribution < -0.4 is 15.8 Å². The molecule has 0 fully saturated rings. The number of para-hydroxylation sites is 2. The number of benzene rings is 3. The monoisotopic (exact) mass is 464 g/mol. The molecule has 2 heterocycles. The fourth-order valence-electron chi connectivity index (χ4n) is 3.85. The third-order valence-corrected chi connectivity index (χ3v) is 5.81. The molecule has 0 atom stereocenters. The number of aryl methyl sites for hydroxylation is 1. The number of anilines is 1. The van der Waals surface area contributed by atoms with Gasteiger partial charge in [-0.15, -0.1) is 0 Å². The normalized spacial score (nSPS) is 11.4. The van der Waals surface area contributed by atoms with E-state index in [0.29, 0.717) is 28.7 Å². The van der Waals surface area contributed by atoms with Gasteiger partial charge in [0.2, 0.25) is 0 Å². The maximum atomic E-state index is 13.3. The lowest BCUT2D eigenvalue weighted by molar-refractivity contribution is 0.0953. The zero-order valence-corrected chi connectivity index (χ0v) is 19.4. The van der Waals surface area contributed by atoms with Gasteiger partial charge < -0.3 is 15.8 Å². The third-order valence-electron chi connectivity index (χ3n) is 5.81. The molecule has 0 bridgehead atoms. The van der Waals surface area contributed by atoms with Crippen molar-refractivity contribution in [2.75, 3.05) is 12.8 Å². The van der Waals surface area contributed by atoms with Gasteiger partial charge in [0.1, 0.15) is 22.6 Å². The van der Waals surface area contributed by atoms with Crippen LogP contribution in [0, 0.1) is 6.92 Å². The number of carbonyl (C=O) groups excluding carboxylic acids is 1. The van der Waals surface area contributed by atoms with Crippen LogP contribution in [0.5, 0.6) is 5.75 Å². The largest absolute Gasteiger partial charge is 0.497 e. The van der Waals surface area contributed by atoms with E-state index in [1.807, 2.05) is 79.7 Å². The Kier molecular flexibility index (Phi) is 5.85. The lowest BCUT2D eigenvalue weighted by atomic mass is 10.1. The van der Waals surface area contributed by atoms with Gasteiger partial charge in [0, 0.05) is 6.54 Å². The number of carbonyl (C=O) groups is 1. The molecule has 0 saturated carbocycles. The van der Waals surface area contributed by atoms with Crippen molar-refractivity contribution in [3.8, 4) is 5.75 Å². The first kappa shape index (κ1) is 22.1. The van der Waals surface area contributed by atoms with E-state index in [0.717, 1.165) is 22.4 Å². The zero-order valence-electron chi connectivity index (χ0n) is 19.4. The topological polar surface area (TPSA) is 107 Å². The lowest BCUT2D eigenvalue weighted by Gasteiger charge is -2.07. The van der Waals surface area contributed by atoms with Crippen molar-refractivity contribution in [3.05, 3.63) is 95.1 Å². The molecule has 174 valence electrons. The maximum Gasteiger partial charge on any atom is 0.257 e. The van der Waals surface area contributed by atoms with Crippen molar-refractivity contribution in [1.29, 1.82) is 0 Å².